The molecule has 0 amide bonds. The van der Waals surface area contributed by atoms with Crippen LogP contribution in [0.15, 0.2) is 83.3 Å². The summed E-state index contributed by atoms with van der Waals surface area (Å²) in [7, 11) is -0.231. The van der Waals surface area contributed by atoms with Gasteiger partial charge in [0.2, 0.25) is 0 Å². The number of aromatic amines is 1. The van der Waals surface area contributed by atoms with E-state index in [9.17, 15) is 28.9 Å². The fourth-order valence-electron chi connectivity index (χ4n) is 16.6. The largest absolute Gasteiger partial charge is 0.472 e. The first-order valence-electron chi connectivity index (χ1n) is 43.2. The lowest BCUT2D eigenvalue weighted by molar-refractivity contribution is -0.0832. The van der Waals surface area contributed by atoms with E-state index in [0.717, 1.165) is 17.2 Å². The predicted octanol–water partition coefficient (Wildman–Crippen LogP) is 3.61. The second kappa shape index (κ2) is 45.4. The Hall–Kier alpha value is -7.66. The Balaban J connectivity index is 0.672. The summed E-state index contributed by atoms with van der Waals surface area (Å²) < 4.78 is 231. The number of phosphoric acid groups is 1. The van der Waals surface area contributed by atoms with Crippen LogP contribution in [-0.2, 0) is 134 Å². The number of aromatic nitrogens is 19. The average molecular weight is 2160 g/mol. The van der Waals surface area contributed by atoms with Gasteiger partial charge in [0.05, 0.1) is 129 Å². The number of nitrogen functional groups attached to an aromatic ring is 5. The van der Waals surface area contributed by atoms with E-state index in [2.05, 4.69) is 114 Å². The molecule has 16 heterocycles. The number of nitrogens with zero attached hydrogens (tertiary/aromatic N) is 18. The average Bonchev–Trinajstić information content (AvgIpc) is 1.60. The van der Waals surface area contributed by atoms with Crippen molar-refractivity contribution < 1.29 is 144 Å². The molecule has 27 atom stereocenters. The van der Waals surface area contributed by atoms with Crippen LogP contribution in [0.4, 0.5) is 29.0 Å². The standard InChI is InChI=1S/C74H103N24O34P5S4/c1-8-38-39(19-46(122-38)93-22-36(3)68(100)92-74(93)102)128-134(105,138)118-23-41-40(20-47(123-41)95-31-88-49-61(77)81-28-84-65(49)95)129-135(106,139)120-26-44-53(57(114-16-12-110-5)70(125-44)94-21-35(2)60(76)91-73(94)101)130-133(103,104)117-25-43-54(58(115-17-13-111-6)71(126-43)97-33-89-50-62(78)82-29-85-66(50)97)131-137(108,141)121-27-45-55(59(116-18-14-112-7)72(127-45)98-34-90-51-63(79)83-30-86-67(51)98)132-136(107,140)119-24-42-52(99)56(113-15-11-109-4)69(124-42)96-32-87-48-37(75)9-10-80-64(48)96/h9-10,21-22,28-34,38-47,52-59,69-72,99H,8,11-20,23-27H2,1-7H3,(H2,75,80)(H,103,104)(H,105,138)(H,106,139)(H,107,140)(H,108,141)(H2,76,91,101)(H2,77,81,84)(H2,78,82,85)(H2,79,83,86)(H,92,100,102)/t38-,39-,40-,41-,42-,43-,44-,45-,46-,47-,52+,53+,54+,55+,56?,57?,58?,59?,69-,70-,71-,72-,134?,135?,136?,137?/m1/s1. The summed E-state index contributed by atoms with van der Waals surface area (Å²) in [6.45, 7) is -20.0. The van der Waals surface area contributed by atoms with E-state index in [-0.39, 0.29) is 139 Å². The maximum Gasteiger partial charge on any atom is 0.472 e. The van der Waals surface area contributed by atoms with Crippen LogP contribution >= 0.6 is 84.0 Å². The Labute approximate surface area is 819 Å². The smallest absolute Gasteiger partial charge is 0.397 e. The van der Waals surface area contributed by atoms with Crippen LogP contribution in [0.2, 0.25) is 0 Å². The lowest BCUT2D eigenvalue weighted by Crippen LogP contribution is -2.41. The summed E-state index contributed by atoms with van der Waals surface area (Å²) in [6, 6.07) is 1.55. The quantitative estimate of drug-likeness (QED) is 0.0147. The summed E-state index contributed by atoms with van der Waals surface area (Å²) in [5.41, 5.74) is 30.8. The topological polar surface area (TPSA) is 729 Å². The lowest BCUT2D eigenvalue weighted by Gasteiger charge is -2.29. The summed E-state index contributed by atoms with van der Waals surface area (Å²) >= 11 is 17.7. The molecule has 6 fully saturated rings. The number of thiol groups is 4. The molecule has 16 rings (SSSR count). The molecule has 10 aromatic heterocycles. The van der Waals surface area contributed by atoms with Crippen molar-refractivity contribution in [1.29, 1.82) is 0 Å². The number of aryl methyl sites for hydroxylation is 2. The maximum absolute atomic E-state index is 15.7. The van der Waals surface area contributed by atoms with Gasteiger partial charge in [-0.15, -0.1) is 0 Å². The summed E-state index contributed by atoms with van der Waals surface area (Å²) in [4.78, 5) is 105. The molecule has 9 unspecified atom stereocenters. The normalized spacial score (nSPS) is 29.2. The van der Waals surface area contributed by atoms with Gasteiger partial charge in [-0.05, 0) is 26.3 Å². The fourth-order valence-corrected chi connectivity index (χ4v) is 23.6. The number of phosphoric ester groups is 1. The third kappa shape index (κ3) is 24.1. The molecular weight excluding hydrogens is 2050 g/mol. The Kier molecular flexibility index (Phi) is 34.1. The van der Waals surface area contributed by atoms with Gasteiger partial charge in [0, 0.05) is 71.0 Å². The molecule has 772 valence electrons. The van der Waals surface area contributed by atoms with Crippen LogP contribution in [0.25, 0.3) is 44.7 Å². The van der Waals surface area contributed by atoms with E-state index in [1.54, 1.807) is 13.0 Å². The zero-order valence-corrected chi connectivity index (χ0v) is 83.8. The van der Waals surface area contributed by atoms with E-state index >= 15 is 18.3 Å². The molecule has 10 aromatic rings. The third-order valence-corrected chi connectivity index (χ3v) is 30.8. The maximum atomic E-state index is 15.7. The number of nitrogens with two attached hydrogens (primary N) is 5. The van der Waals surface area contributed by atoms with Crippen molar-refractivity contribution in [3.05, 3.63) is 111 Å². The van der Waals surface area contributed by atoms with Crippen LogP contribution in [0.3, 0.4) is 0 Å². The van der Waals surface area contributed by atoms with Gasteiger partial charge in [-0.1, -0.05) is 55.9 Å². The molecule has 6 aliphatic heterocycles. The first kappa shape index (κ1) is 106. The Morgan fingerprint density at radius 1 is 0.418 bits per heavy atom. The molecule has 0 aliphatic carbocycles. The van der Waals surface area contributed by atoms with Gasteiger partial charge in [-0.25, -0.2) is 87.2 Å². The highest BCUT2D eigenvalue weighted by Crippen LogP contribution is 2.63. The first-order chi connectivity index (χ1) is 67.4. The molecule has 0 spiro atoms. The van der Waals surface area contributed by atoms with Crippen molar-refractivity contribution in [1.82, 2.24) is 92.2 Å². The minimum absolute atomic E-state index is 0.00951. The molecule has 6 saturated heterocycles. The van der Waals surface area contributed by atoms with Crippen molar-refractivity contribution in [2.45, 2.75) is 175 Å². The number of H-pyrrole nitrogens is 1. The van der Waals surface area contributed by atoms with Crippen LogP contribution in [-0.4, -0.2) is 314 Å². The van der Waals surface area contributed by atoms with Gasteiger partial charge < -0.3 is 105 Å². The molecule has 141 heavy (non-hydrogen) atoms. The number of nitrogens with one attached hydrogen (secondary N) is 1. The highest BCUT2D eigenvalue weighted by molar-refractivity contribution is 8.45. The zero-order chi connectivity index (χ0) is 100. The number of hydrogen-bond donors (Lipinski definition) is 12. The van der Waals surface area contributed by atoms with Crippen LogP contribution in [0.5, 0.6) is 0 Å². The second-order valence-electron chi connectivity index (χ2n) is 32.5. The molecule has 13 N–H and O–H groups in total. The number of ether oxygens (including phenoxy) is 14. The van der Waals surface area contributed by atoms with Crippen LogP contribution < -0.4 is 45.6 Å². The van der Waals surface area contributed by atoms with Crippen LogP contribution in [0.1, 0.15) is 74.7 Å². The zero-order valence-electron chi connectivity index (χ0n) is 75.8. The van der Waals surface area contributed by atoms with E-state index < -0.39 is 220 Å². The Morgan fingerprint density at radius 2 is 0.794 bits per heavy atom. The molecule has 0 bridgehead atoms. The van der Waals surface area contributed by atoms with Crippen molar-refractivity contribution in [3.8, 4) is 0 Å². The lowest BCUT2D eigenvalue weighted by atomic mass is 10.1. The third-order valence-electron chi connectivity index (χ3n) is 23.3. The number of aliphatic hydroxyl groups is 1. The monoisotopic (exact) mass is 2150 g/mol. The Morgan fingerprint density at radius 3 is 1.28 bits per heavy atom. The van der Waals surface area contributed by atoms with E-state index in [4.69, 9.17) is 140 Å². The van der Waals surface area contributed by atoms with Gasteiger partial charge in [-0.3, -0.25) is 82.4 Å². The summed E-state index contributed by atoms with van der Waals surface area (Å²) in [5.74, 6) is -0.292. The molecule has 0 radical (unpaired) electrons. The van der Waals surface area contributed by atoms with E-state index in [1.807, 2.05) is 0 Å². The van der Waals surface area contributed by atoms with Gasteiger partial charge in [-0.2, -0.15) is 4.98 Å². The molecule has 0 aromatic carbocycles. The summed E-state index contributed by atoms with van der Waals surface area (Å²) in [6.07, 6.45) is -18.9. The first-order valence-corrected chi connectivity index (χ1v) is 55.5. The van der Waals surface area contributed by atoms with E-state index in [0.29, 0.717) is 17.6 Å². The number of fused-ring (bicyclic) bond motifs is 4. The number of methoxy groups -OCH3 is 4. The highest BCUT2D eigenvalue weighted by atomic mass is 32.7. The number of pyridine rings is 1. The van der Waals surface area contributed by atoms with Crippen molar-refractivity contribution in [3.63, 3.8) is 0 Å². The Bertz CT molecular complexity index is 6530. The van der Waals surface area contributed by atoms with Gasteiger partial charge in [0.15, 0.2) is 65.0 Å². The SMILES string of the molecule is CC[C@H]1O[C@@H](n2cc(C)c(=O)[nH]c2=O)C[C@H]1OP(=O)(S)OC[C@H]1O[C@@H](n2cnc3c(N)ncnc32)C[C@H]1OP(=O)(S)OC[C@H]1O[C@@H](n2cc(C)c(N)nc2=O)C(OCCOC)[C@H]1OP(=O)(O)OC[C@H]1O[C@@H](n2cnc3c(N)ncnc32)C(OCCOC)[C@H]1OP(=O)(S)OC[C@H]1O[C@@H](n2cnc3c(N)ncnc32)C(OCCOC)[C@H]1OP(=O)(S)OC[C@H]1O[C@@H](n2cnc3c(N)ccnc32)C(OCCOC)[C@H]1O. The molecule has 6 aliphatic rings. The van der Waals surface area contributed by atoms with Crippen molar-refractivity contribution in [2.24, 2.45) is 0 Å². The fraction of sp³-hybridized carbons (Fsp3) is 0.608. The number of anilines is 5. The molecule has 0 saturated carbocycles. The predicted molar refractivity (Wildman–Crippen MR) is 501 cm³/mol. The van der Waals surface area contributed by atoms with Crippen LogP contribution in [0, 0.1) is 13.8 Å². The minimum Gasteiger partial charge on any atom is -0.397 e. The van der Waals surface area contributed by atoms with Gasteiger partial charge in [0.25, 0.3) is 5.56 Å². The van der Waals surface area contributed by atoms with Gasteiger partial charge in [0.1, 0.15) is 145 Å². The number of imidazole rings is 4. The number of hydrogen-bond acceptors (Lipinski definition) is 50. The van der Waals surface area contributed by atoms with Gasteiger partial charge >= 0.3 is 46.4 Å². The number of rotatable bonds is 48. The van der Waals surface area contributed by atoms with Crippen molar-refractivity contribution >= 4 is 158 Å². The second-order valence-corrected chi connectivity index (χ2v) is 45.4. The molecule has 58 nitrogen and oxygen atoms in total. The summed E-state index contributed by atoms with van der Waals surface area (Å²) in [5, 5.41) is 12.0. The highest BCUT2D eigenvalue weighted by Gasteiger charge is 2.58. The van der Waals surface area contributed by atoms with Crippen molar-refractivity contribution in [2.75, 3.05) is 143 Å². The van der Waals surface area contributed by atoms with E-state index in [1.165, 1.54) is 115 Å². The number of aliphatic hydroxyl groups excluding tert-OH is 1. The minimum atomic E-state index is -5.81. The molecular formula is C74H103N24O34P5S4. The molecule has 67 heteroatoms.